The fourth-order valence-electron chi connectivity index (χ4n) is 2.04. The molecule has 1 aromatic rings. The van der Waals surface area contributed by atoms with E-state index in [1.54, 1.807) is 6.07 Å². The van der Waals surface area contributed by atoms with E-state index in [-0.39, 0.29) is 18.1 Å². The maximum absolute atomic E-state index is 12.1. The van der Waals surface area contributed by atoms with E-state index in [9.17, 15) is 4.79 Å². The summed E-state index contributed by atoms with van der Waals surface area (Å²) >= 11 is 1.46. The van der Waals surface area contributed by atoms with E-state index >= 15 is 0 Å². The molecular formula is C14H18N2O2S. The third-order valence-corrected chi connectivity index (χ3v) is 3.90. The number of rotatable bonds is 3. The third kappa shape index (κ3) is 3.80. The number of amides is 1. The number of carbonyl (C=O) groups is 1. The molecule has 0 aromatic carbocycles. The molecule has 0 bridgehead atoms. The molecule has 1 fully saturated rings. The molecule has 1 aliphatic heterocycles. The van der Waals surface area contributed by atoms with Crippen molar-refractivity contribution in [3.8, 4) is 11.8 Å². The number of thiophene rings is 1. The summed E-state index contributed by atoms with van der Waals surface area (Å²) < 4.78 is 5.56. The Labute approximate surface area is 117 Å². The number of ether oxygens (including phenoxy) is 1. The summed E-state index contributed by atoms with van der Waals surface area (Å²) in [6.45, 7) is 3.10. The van der Waals surface area contributed by atoms with Crippen molar-refractivity contribution in [2.75, 3.05) is 13.2 Å². The van der Waals surface area contributed by atoms with Gasteiger partial charge in [-0.1, -0.05) is 11.8 Å². The highest BCUT2D eigenvalue weighted by Gasteiger charge is 2.24. The second kappa shape index (κ2) is 6.71. The molecule has 4 nitrogen and oxygen atoms in total. The van der Waals surface area contributed by atoms with Crippen molar-refractivity contribution < 1.29 is 9.53 Å². The van der Waals surface area contributed by atoms with E-state index < -0.39 is 0 Å². The fourth-order valence-corrected chi connectivity index (χ4v) is 2.79. The van der Waals surface area contributed by atoms with Gasteiger partial charge in [0.1, 0.15) is 0 Å². The van der Waals surface area contributed by atoms with Crippen molar-refractivity contribution in [2.24, 2.45) is 5.73 Å². The van der Waals surface area contributed by atoms with Gasteiger partial charge in [0.25, 0.3) is 5.91 Å². The van der Waals surface area contributed by atoms with Crippen molar-refractivity contribution in [3.05, 3.63) is 21.9 Å². The first-order valence-electron chi connectivity index (χ1n) is 6.40. The van der Waals surface area contributed by atoms with Gasteiger partial charge in [0.15, 0.2) is 0 Å². The lowest BCUT2D eigenvalue weighted by Crippen LogP contribution is -2.40. The highest BCUT2D eigenvalue weighted by atomic mass is 32.1. The first-order valence-corrected chi connectivity index (χ1v) is 7.28. The summed E-state index contributed by atoms with van der Waals surface area (Å²) in [5.74, 6) is 5.64. The molecule has 19 heavy (non-hydrogen) atoms. The monoisotopic (exact) mass is 278 g/mol. The van der Waals surface area contributed by atoms with Crippen molar-refractivity contribution in [1.29, 1.82) is 0 Å². The molecule has 2 heterocycles. The molecule has 5 heteroatoms. The average molecular weight is 278 g/mol. The Kier molecular flexibility index (Phi) is 4.97. The normalized spacial score (nSPS) is 19.6. The van der Waals surface area contributed by atoms with Crippen LogP contribution in [0.4, 0.5) is 0 Å². The number of hydrogen-bond acceptors (Lipinski definition) is 4. The van der Waals surface area contributed by atoms with Crippen LogP contribution in [0.1, 0.15) is 35.0 Å². The predicted octanol–water partition coefficient (Wildman–Crippen LogP) is 1.36. The smallest absolute Gasteiger partial charge is 0.252 e. The number of carbonyl (C=O) groups excluding carboxylic acids is 1. The van der Waals surface area contributed by atoms with Gasteiger partial charge in [-0.25, -0.2) is 0 Å². The quantitative estimate of drug-likeness (QED) is 0.820. The zero-order chi connectivity index (χ0) is 13.7. The van der Waals surface area contributed by atoms with E-state index in [1.807, 2.05) is 12.3 Å². The zero-order valence-corrected chi connectivity index (χ0v) is 11.8. The van der Waals surface area contributed by atoms with E-state index in [2.05, 4.69) is 17.2 Å². The molecule has 0 aliphatic carbocycles. The highest BCUT2D eigenvalue weighted by Crippen LogP contribution is 2.17. The van der Waals surface area contributed by atoms with E-state index in [4.69, 9.17) is 10.5 Å². The van der Waals surface area contributed by atoms with E-state index in [0.717, 1.165) is 24.3 Å². The van der Waals surface area contributed by atoms with E-state index in [1.165, 1.54) is 11.3 Å². The number of hydrogen-bond donors (Lipinski definition) is 2. The van der Waals surface area contributed by atoms with Crippen LogP contribution in [0.2, 0.25) is 0 Å². The SMILES string of the molecule is CC(NC(=O)c1csc(C#CCN)c1)C1CCCO1. The lowest BCUT2D eigenvalue weighted by molar-refractivity contribution is 0.0712. The van der Waals surface area contributed by atoms with Gasteiger partial charge < -0.3 is 15.8 Å². The van der Waals surface area contributed by atoms with Gasteiger partial charge in [-0.3, -0.25) is 4.79 Å². The Balaban J connectivity index is 1.93. The second-order valence-electron chi connectivity index (χ2n) is 4.52. The molecule has 0 saturated carbocycles. The lowest BCUT2D eigenvalue weighted by Gasteiger charge is -2.19. The maximum atomic E-state index is 12.1. The minimum absolute atomic E-state index is 0.0356. The standard InChI is InChI=1S/C14H18N2O2S/c1-10(13-5-3-7-18-13)16-14(17)11-8-12(19-9-11)4-2-6-15/h8-10,13H,3,5-7,15H2,1H3,(H,16,17). The Morgan fingerprint density at radius 1 is 1.74 bits per heavy atom. The lowest BCUT2D eigenvalue weighted by atomic mass is 10.1. The Hall–Kier alpha value is -1.35. The molecule has 2 atom stereocenters. The number of nitrogens with one attached hydrogen (secondary N) is 1. The third-order valence-electron chi connectivity index (χ3n) is 3.06. The first-order chi connectivity index (χ1) is 9.20. The topological polar surface area (TPSA) is 64.4 Å². The second-order valence-corrected chi connectivity index (χ2v) is 5.43. The molecule has 1 amide bonds. The van der Waals surface area contributed by atoms with Crippen LogP contribution >= 0.6 is 11.3 Å². The van der Waals surface area contributed by atoms with Gasteiger partial charge in [-0.05, 0) is 25.8 Å². The Bertz CT molecular complexity index is 495. The predicted molar refractivity (Wildman–Crippen MR) is 76.2 cm³/mol. The molecule has 2 rings (SSSR count). The van der Waals surface area contributed by atoms with Crippen molar-refractivity contribution in [1.82, 2.24) is 5.32 Å². The van der Waals surface area contributed by atoms with Crippen LogP contribution in [0.3, 0.4) is 0 Å². The van der Waals surface area contributed by atoms with Crippen LogP contribution in [-0.4, -0.2) is 31.2 Å². The molecule has 3 N–H and O–H groups in total. The van der Waals surface area contributed by atoms with Gasteiger partial charge in [-0.2, -0.15) is 0 Å². The Morgan fingerprint density at radius 2 is 2.58 bits per heavy atom. The van der Waals surface area contributed by atoms with Crippen LogP contribution in [0.15, 0.2) is 11.4 Å². The van der Waals surface area contributed by atoms with Crippen LogP contribution in [0.5, 0.6) is 0 Å². The molecular weight excluding hydrogens is 260 g/mol. The van der Waals surface area contributed by atoms with Crippen LogP contribution in [-0.2, 0) is 4.74 Å². The summed E-state index contributed by atoms with van der Waals surface area (Å²) in [4.78, 5) is 12.9. The van der Waals surface area contributed by atoms with Gasteiger partial charge >= 0.3 is 0 Å². The minimum atomic E-state index is -0.0694. The molecule has 1 saturated heterocycles. The van der Waals surface area contributed by atoms with Crippen LogP contribution in [0, 0.1) is 11.8 Å². The summed E-state index contributed by atoms with van der Waals surface area (Å²) in [5, 5.41) is 4.79. The van der Waals surface area contributed by atoms with E-state index in [0.29, 0.717) is 12.1 Å². The molecule has 0 radical (unpaired) electrons. The van der Waals surface area contributed by atoms with Gasteiger partial charge in [0.2, 0.25) is 0 Å². The molecule has 2 unspecified atom stereocenters. The van der Waals surface area contributed by atoms with Crippen molar-refractivity contribution >= 4 is 17.2 Å². The molecule has 102 valence electrons. The summed E-state index contributed by atoms with van der Waals surface area (Å²) in [7, 11) is 0. The minimum Gasteiger partial charge on any atom is -0.376 e. The zero-order valence-electron chi connectivity index (χ0n) is 10.9. The van der Waals surface area contributed by atoms with Gasteiger partial charge in [-0.15, -0.1) is 11.3 Å². The summed E-state index contributed by atoms with van der Waals surface area (Å²) in [5.41, 5.74) is 5.97. The van der Waals surface area contributed by atoms with Gasteiger partial charge in [0.05, 0.1) is 29.1 Å². The highest BCUT2D eigenvalue weighted by molar-refractivity contribution is 7.10. The average Bonchev–Trinajstić information content (AvgIpc) is 3.07. The first kappa shape index (κ1) is 14.1. The summed E-state index contributed by atoms with van der Waals surface area (Å²) in [6, 6.07) is 1.83. The van der Waals surface area contributed by atoms with Crippen molar-refractivity contribution in [3.63, 3.8) is 0 Å². The Morgan fingerprint density at radius 3 is 3.26 bits per heavy atom. The largest absolute Gasteiger partial charge is 0.376 e. The summed E-state index contributed by atoms with van der Waals surface area (Å²) in [6.07, 6.45) is 2.22. The molecule has 0 spiro atoms. The van der Waals surface area contributed by atoms with Crippen molar-refractivity contribution in [2.45, 2.75) is 31.9 Å². The fraction of sp³-hybridized carbons (Fsp3) is 0.500. The van der Waals surface area contributed by atoms with Crippen LogP contribution in [0.25, 0.3) is 0 Å². The molecule has 1 aromatic heterocycles. The maximum Gasteiger partial charge on any atom is 0.252 e. The van der Waals surface area contributed by atoms with Gasteiger partial charge in [0, 0.05) is 12.0 Å². The number of nitrogens with two attached hydrogens (primary N) is 1. The molecule has 1 aliphatic rings. The van der Waals surface area contributed by atoms with Crippen LogP contribution < -0.4 is 11.1 Å².